The van der Waals surface area contributed by atoms with Gasteiger partial charge in [0, 0.05) is 5.39 Å². The van der Waals surface area contributed by atoms with Crippen molar-refractivity contribution in [1.29, 1.82) is 0 Å². The number of fused-ring (bicyclic) bond motifs is 3. The van der Waals surface area contributed by atoms with Crippen molar-refractivity contribution in [2.24, 2.45) is 0 Å². The van der Waals surface area contributed by atoms with Crippen molar-refractivity contribution < 1.29 is 0 Å². The first-order valence-electron chi connectivity index (χ1n) is 4.88. The van der Waals surface area contributed by atoms with E-state index in [2.05, 4.69) is 40.8 Å². The molecule has 1 N–H and O–H groups in total. The predicted octanol–water partition coefficient (Wildman–Crippen LogP) is 3.36. The Balaban J connectivity index is 2.52. The molecule has 0 unspecified atom stereocenters. The van der Waals surface area contributed by atoms with Crippen molar-refractivity contribution in [3.05, 3.63) is 48.8 Å². The maximum atomic E-state index is 4.49. The highest BCUT2D eigenvalue weighted by Crippen LogP contribution is 2.23. The first-order valence-corrected chi connectivity index (χ1v) is 4.88. The molecule has 3 rings (SSSR count). The minimum atomic E-state index is 0.821. The molecular formula is C13H10N2. The van der Waals surface area contributed by atoms with E-state index in [1.807, 2.05) is 12.1 Å². The van der Waals surface area contributed by atoms with E-state index in [0.717, 1.165) is 16.9 Å². The van der Waals surface area contributed by atoms with Crippen LogP contribution in [0.25, 0.3) is 27.9 Å². The number of H-pyrrole nitrogens is 1. The van der Waals surface area contributed by atoms with Crippen LogP contribution in [0.1, 0.15) is 5.82 Å². The summed E-state index contributed by atoms with van der Waals surface area (Å²) in [5.74, 6) is 0.821. The molecule has 0 radical (unpaired) electrons. The summed E-state index contributed by atoms with van der Waals surface area (Å²) in [6, 6.07) is 12.4. The van der Waals surface area contributed by atoms with E-state index in [9.17, 15) is 0 Å². The van der Waals surface area contributed by atoms with Gasteiger partial charge in [0.2, 0.25) is 0 Å². The number of rotatable bonds is 1. The standard InChI is InChI=1S/C13H10N2/c1-2-12-14-11-8-7-9-5-3-4-6-10(9)13(11)15-12/h2-8H,1H2,(H,14,15). The van der Waals surface area contributed by atoms with Gasteiger partial charge in [-0.05, 0) is 17.5 Å². The summed E-state index contributed by atoms with van der Waals surface area (Å²) in [6.07, 6.45) is 1.73. The van der Waals surface area contributed by atoms with Crippen LogP contribution in [0.4, 0.5) is 0 Å². The first-order chi connectivity index (χ1) is 7.38. The summed E-state index contributed by atoms with van der Waals surface area (Å²) in [5, 5.41) is 2.39. The third-order valence-corrected chi connectivity index (χ3v) is 2.59. The number of nitrogens with one attached hydrogen (secondary N) is 1. The van der Waals surface area contributed by atoms with Gasteiger partial charge in [-0.2, -0.15) is 0 Å². The molecule has 0 bridgehead atoms. The van der Waals surface area contributed by atoms with Gasteiger partial charge in [-0.15, -0.1) is 0 Å². The summed E-state index contributed by atoms with van der Waals surface area (Å²) in [4.78, 5) is 7.69. The largest absolute Gasteiger partial charge is 0.338 e. The summed E-state index contributed by atoms with van der Waals surface area (Å²) >= 11 is 0. The fourth-order valence-corrected chi connectivity index (χ4v) is 1.86. The van der Waals surface area contributed by atoms with Crippen molar-refractivity contribution in [3.63, 3.8) is 0 Å². The Hall–Kier alpha value is -2.09. The molecule has 2 nitrogen and oxygen atoms in total. The molecule has 2 aromatic carbocycles. The molecule has 0 aliphatic heterocycles. The number of hydrogen-bond acceptors (Lipinski definition) is 1. The first kappa shape index (κ1) is 8.24. The normalized spacial score (nSPS) is 10.9. The maximum absolute atomic E-state index is 4.49. The summed E-state index contributed by atoms with van der Waals surface area (Å²) in [7, 11) is 0. The minimum absolute atomic E-state index is 0.821. The monoisotopic (exact) mass is 194 g/mol. The quantitative estimate of drug-likeness (QED) is 0.632. The second kappa shape index (κ2) is 2.95. The van der Waals surface area contributed by atoms with Crippen LogP contribution in [0.15, 0.2) is 43.0 Å². The lowest BCUT2D eigenvalue weighted by atomic mass is 10.1. The third kappa shape index (κ3) is 1.15. The van der Waals surface area contributed by atoms with Crippen molar-refractivity contribution in [2.75, 3.05) is 0 Å². The van der Waals surface area contributed by atoms with Crippen LogP contribution in [-0.4, -0.2) is 9.97 Å². The van der Waals surface area contributed by atoms with E-state index >= 15 is 0 Å². The number of aromatic nitrogens is 2. The van der Waals surface area contributed by atoms with Crippen molar-refractivity contribution in [2.45, 2.75) is 0 Å². The van der Waals surface area contributed by atoms with Crippen LogP contribution < -0.4 is 0 Å². The van der Waals surface area contributed by atoms with Gasteiger partial charge in [0.05, 0.1) is 11.0 Å². The van der Waals surface area contributed by atoms with Crippen LogP contribution in [0.3, 0.4) is 0 Å². The SMILES string of the molecule is C=Cc1nc2c(ccc3ccccc32)[nH]1. The van der Waals surface area contributed by atoms with Gasteiger partial charge in [-0.1, -0.05) is 36.9 Å². The van der Waals surface area contributed by atoms with E-state index in [1.165, 1.54) is 10.8 Å². The fraction of sp³-hybridized carbons (Fsp3) is 0. The van der Waals surface area contributed by atoms with Gasteiger partial charge in [0.1, 0.15) is 5.82 Å². The molecule has 0 spiro atoms. The zero-order valence-corrected chi connectivity index (χ0v) is 8.20. The highest BCUT2D eigenvalue weighted by atomic mass is 14.9. The number of aromatic amines is 1. The molecule has 0 aliphatic carbocycles. The Kier molecular flexibility index (Phi) is 1.62. The van der Waals surface area contributed by atoms with E-state index < -0.39 is 0 Å². The Labute approximate surface area is 87.3 Å². The lowest BCUT2D eigenvalue weighted by Gasteiger charge is -1.96. The highest BCUT2D eigenvalue weighted by molar-refractivity contribution is 6.04. The number of benzene rings is 2. The molecule has 0 fully saturated rings. The van der Waals surface area contributed by atoms with Crippen LogP contribution in [0.5, 0.6) is 0 Å². The molecule has 1 heterocycles. The Morgan fingerprint density at radius 3 is 2.87 bits per heavy atom. The number of hydrogen-bond donors (Lipinski definition) is 1. The van der Waals surface area contributed by atoms with Gasteiger partial charge < -0.3 is 4.98 Å². The van der Waals surface area contributed by atoms with Gasteiger partial charge in [-0.25, -0.2) is 4.98 Å². The molecule has 0 amide bonds. The van der Waals surface area contributed by atoms with Gasteiger partial charge in [0.25, 0.3) is 0 Å². The van der Waals surface area contributed by atoms with Crippen LogP contribution in [0, 0.1) is 0 Å². The molecule has 0 aliphatic rings. The minimum Gasteiger partial charge on any atom is -0.338 e. The van der Waals surface area contributed by atoms with E-state index in [-0.39, 0.29) is 0 Å². The van der Waals surface area contributed by atoms with Crippen molar-refractivity contribution in [1.82, 2.24) is 9.97 Å². The lowest BCUT2D eigenvalue weighted by molar-refractivity contribution is 1.30. The molecule has 72 valence electrons. The van der Waals surface area contributed by atoms with Gasteiger partial charge in [0.15, 0.2) is 0 Å². The Morgan fingerprint density at radius 2 is 2.00 bits per heavy atom. The van der Waals surface area contributed by atoms with Gasteiger partial charge >= 0.3 is 0 Å². The second-order valence-electron chi connectivity index (χ2n) is 3.51. The van der Waals surface area contributed by atoms with E-state index in [1.54, 1.807) is 6.08 Å². The zero-order chi connectivity index (χ0) is 10.3. The summed E-state index contributed by atoms with van der Waals surface area (Å²) in [6.45, 7) is 3.71. The highest BCUT2D eigenvalue weighted by Gasteiger charge is 2.03. The van der Waals surface area contributed by atoms with Crippen molar-refractivity contribution >= 4 is 27.9 Å². The molecule has 0 atom stereocenters. The Bertz CT molecular complexity index is 650. The topological polar surface area (TPSA) is 28.7 Å². The van der Waals surface area contributed by atoms with Crippen LogP contribution in [0.2, 0.25) is 0 Å². The molecule has 0 saturated heterocycles. The molecule has 2 heteroatoms. The second-order valence-corrected chi connectivity index (χ2v) is 3.51. The smallest absolute Gasteiger partial charge is 0.130 e. The van der Waals surface area contributed by atoms with Crippen molar-refractivity contribution in [3.8, 4) is 0 Å². The third-order valence-electron chi connectivity index (χ3n) is 2.59. The zero-order valence-electron chi connectivity index (χ0n) is 8.20. The fourth-order valence-electron chi connectivity index (χ4n) is 1.86. The summed E-state index contributed by atoms with van der Waals surface area (Å²) < 4.78 is 0. The molecule has 1 aromatic heterocycles. The maximum Gasteiger partial charge on any atom is 0.130 e. The van der Waals surface area contributed by atoms with Crippen LogP contribution >= 0.6 is 0 Å². The van der Waals surface area contributed by atoms with Gasteiger partial charge in [-0.3, -0.25) is 0 Å². The van der Waals surface area contributed by atoms with E-state index in [4.69, 9.17) is 0 Å². The molecular weight excluding hydrogens is 184 g/mol. The van der Waals surface area contributed by atoms with E-state index in [0.29, 0.717) is 0 Å². The molecule has 3 aromatic rings. The number of nitrogens with zero attached hydrogens (tertiary/aromatic N) is 1. The number of imidazole rings is 1. The molecule has 0 saturated carbocycles. The lowest BCUT2D eigenvalue weighted by Crippen LogP contribution is -1.74. The predicted molar refractivity (Wildman–Crippen MR) is 63.7 cm³/mol. The summed E-state index contributed by atoms with van der Waals surface area (Å²) in [5.41, 5.74) is 2.08. The average Bonchev–Trinajstić information content (AvgIpc) is 2.72. The Morgan fingerprint density at radius 1 is 1.13 bits per heavy atom. The average molecular weight is 194 g/mol. The molecule has 15 heavy (non-hydrogen) atoms. The van der Waals surface area contributed by atoms with Crippen LogP contribution in [-0.2, 0) is 0 Å².